The number of aliphatic hydroxyl groups excluding tert-OH is 1. The fraction of sp³-hybridized carbons (Fsp3) is 0.200. The fourth-order valence-electron chi connectivity index (χ4n) is 1.90. The number of carbonyl (C=O) groups is 1. The Bertz CT molecular complexity index is 575. The van der Waals surface area contributed by atoms with Crippen LogP contribution in [0.5, 0.6) is 0 Å². The summed E-state index contributed by atoms with van der Waals surface area (Å²) in [5.74, 6) is -0.310. The molecule has 0 bridgehead atoms. The number of carbonyl (C=O) groups excluding carboxylic acids is 1. The molecule has 104 valence electrons. The van der Waals surface area contributed by atoms with Gasteiger partial charge in [-0.05, 0) is 24.1 Å². The minimum absolute atomic E-state index is 0.0111. The van der Waals surface area contributed by atoms with Crippen molar-refractivity contribution >= 4 is 17.5 Å². The van der Waals surface area contributed by atoms with E-state index in [2.05, 4.69) is 10.3 Å². The molecule has 4 nitrogen and oxygen atoms in total. The van der Waals surface area contributed by atoms with Crippen molar-refractivity contribution in [2.75, 3.05) is 6.61 Å². The first-order chi connectivity index (χ1) is 9.70. The molecule has 0 spiro atoms. The van der Waals surface area contributed by atoms with E-state index in [4.69, 9.17) is 16.7 Å². The highest BCUT2D eigenvalue weighted by Crippen LogP contribution is 2.17. The Balaban J connectivity index is 2.14. The van der Waals surface area contributed by atoms with Gasteiger partial charge in [-0.3, -0.25) is 4.79 Å². The van der Waals surface area contributed by atoms with Crippen LogP contribution >= 0.6 is 11.6 Å². The summed E-state index contributed by atoms with van der Waals surface area (Å²) >= 11 is 5.77. The third-order valence-corrected chi connectivity index (χ3v) is 3.08. The molecule has 5 heteroatoms. The molecule has 1 unspecified atom stereocenters. The van der Waals surface area contributed by atoms with Crippen molar-refractivity contribution in [2.24, 2.45) is 0 Å². The molecular weight excluding hydrogens is 276 g/mol. The molecule has 0 fully saturated rings. The molecular formula is C15H15ClN2O2. The van der Waals surface area contributed by atoms with E-state index in [9.17, 15) is 4.79 Å². The zero-order valence-electron chi connectivity index (χ0n) is 10.8. The third kappa shape index (κ3) is 3.79. The number of hydrogen-bond acceptors (Lipinski definition) is 3. The van der Waals surface area contributed by atoms with Gasteiger partial charge in [0.25, 0.3) is 5.91 Å². The molecule has 1 aromatic carbocycles. The van der Waals surface area contributed by atoms with Crippen LogP contribution in [0.15, 0.2) is 48.5 Å². The van der Waals surface area contributed by atoms with Crippen molar-refractivity contribution in [3.63, 3.8) is 0 Å². The number of aliphatic hydroxyl groups is 1. The standard InChI is InChI=1S/C15H15ClN2O2/c16-14-8-4-7-13(17-14)15(20)18-12(9-10-19)11-5-2-1-3-6-11/h1-8,12,19H,9-10H2,(H,18,20). The van der Waals surface area contributed by atoms with Crippen LogP contribution in [0.2, 0.25) is 5.15 Å². The summed E-state index contributed by atoms with van der Waals surface area (Å²) in [6.07, 6.45) is 0.441. The van der Waals surface area contributed by atoms with Gasteiger partial charge < -0.3 is 10.4 Å². The Morgan fingerprint density at radius 3 is 2.60 bits per heavy atom. The van der Waals surface area contributed by atoms with Crippen molar-refractivity contribution in [3.8, 4) is 0 Å². The predicted octanol–water partition coefficient (Wildman–Crippen LogP) is 2.59. The van der Waals surface area contributed by atoms with Crippen LogP contribution in [-0.4, -0.2) is 22.6 Å². The van der Waals surface area contributed by atoms with Gasteiger partial charge in [0.1, 0.15) is 10.8 Å². The Hall–Kier alpha value is -1.91. The number of nitrogens with one attached hydrogen (secondary N) is 1. The van der Waals surface area contributed by atoms with Crippen molar-refractivity contribution in [3.05, 3.63) is 64.9 Å². The van der Waals surface area contributed by atoms with E-state index >= 15 is 0 Å². The lowest BCUT2D eigenvalue weighted by Crippen LogP contribution is -2.29. The molecule has 0 radical (unpaired) electrons. The Labute approximate surface area is 122 Å². The first-order valence-electron chi connectivity index (χ1n) is 6.30. The van der Waals surface area contributed by atoms with Gasteiger partial charge in [-0.25, -0.2) is 4.98 Å². The number of amides is 1. The molecule has 0 saturated carbocycles. The summed E-state index contributed by atoms with van der Waals surface area (Å²) in [4.78, 5) is 16.1. The van der Waals surface area contributed by atoms with Crippen LogP contribution in [0.1, 0.15) is 28.5 Å². The molecule has 0 aliphatic rings. The van der Waals surface area contributed by atoms with Crippen molar-refractivity contribution < 1.29 is 9.90 Å². The molecule has 0 aliphatic heterocycles. The summed E-state index contributed by atoms with van der Waals surface area (Å²) < 4.78 is 0. The second-order valence-corrected chi connectivity index (χ2v) is 4.68. The largest absolute Gasteiger partial charge is 0.396 e. The van der Waals surface area contributed by atoms with Crippen molar-refractivity contribution in [2.45, 2.75) is 12.5 Å². The second-order valence-electron chi connectivity index (χ2n) is 4.29. The number of hydrogen-bond donors (Lipinski definition) is 2. The van der Waals surface area contributed by atoms with Gasteiger partial charge in [0.2, 0.25) is 0 Å². The maximum absolute atomic E-state index is 12.1. The topological polar surface area (TPSA) is 62.2 Å². The number of nitrogens with zero attached hydrogens (tertiary/aromatic N) is 1. The SMILES string of the molecule is O=C(NC(CCO)c1ccccc1)c1cccc(Cl)n1. The second kappa shape index (κ2) is 7.03. The highest BCUT2D eigenvalue weighted by molar-refractivity contribution is 6.29. The number of halogens is 1. The van der Waals surface area contributed by atoms with Gasteiger partial charge in [0.05, 0.1) is 6.04 Å². The summed E-state index contributed by atoms with van der Waals surface area (Å²) in [6.45, 7) is -0.0111. The lowest BCUT2D eigenvalue weighted by molar-refractivity contribution is 0.0925. The van der Waals surface area contributed by atoms with Gasteiger partial charge in [-0.2, -0.15) is 0 Å². The first-order valence-corrected chi connectivity index (χ1v) is 6.67. The van der Waals surface area contributed by atoms with Crippen LogP contribution in [0.25, 0.3) is 0 Å². The van der Waals surface area contributed by atoms with Gasteiger partial charge in [0, 0.05) is 6.61 Å². The third-order valence-electron chi connectivity index (χ3n) is 2.87. The van der Waals surface area contributed by atoms with Gasteiger partial charge in [-0.15, -0.1) is 0 Å². The summed E-state index contributed by atoms with van der Waals surface area (Å²) in [5, 5.41) is 12.3. The van der Waals surface area contributed by atoms with E-state index in [1.54, 1.807) is 18.2 Å². The number of aromatic nitrogens is 1. The van der Waals surface area contributed by atoms with Crippen molar-refractivity contribution in [1.82, 2.24) is 10.3 Å². The molecule has 1 amide bonds. The quantitative estimate of drug-likeness (QED) is 0.832. The van der Waals surface area contributed by atoms with E-state index in [0.29, 0.717) is 6.42 Å². The number of benzene rings is 1. The highest BCUT2D eigenvalue weighted by atomic mass is 35.5. The zero-order valence-corrected chi connectivity index (χ0v) is 11.5. The average molecular weight is 291 g/mol. The normalized spacial score (nSPS) is 11.9. The Morgan fingerprint density at radius 1 is 1.20 bits per heavy atom. The first kappa shape index (κ1) is 14.5. The minimum Gasteiger partial charge on any atom is -0.396 e. The maximum atomic E-state index is 12.1. The molecule has 20 heavy (non-hydrogen) atoms. The van der Waals surface area contributed by atoms with Crippen LogP contribution in [0.3, 0.4) is 0 Å². The highest BCUT2D eigenvalue weighted by Gasteiger charge is 2.16. The summed E-state index contributed by atoms with van der Waals surface area (Å²) in [5.41, 5.74) is 1.20. The Kier molecular flexibility index (Phi) is 5.09. The molecule has 0 saturated heterocycles. The van der Waals surface area contributed by atoms with E-state index in [-0.39, 0.29) is 29.4 Å². The van der Waals surface area contributed by atoms with Crippen LogP contribution in [0, 0.1) is 0 Å². The van der Waals surface area contributed by atoms with Crippen LogP contribution < -0.4 is 5.32 Å². The number of rotatable bonds is 5. The van der Waals surface area contributed by atoms with Gasteiger partial charge in [0.15, 0.2) is 0 Å². The number of pyridine rings is 1. The van der Waals surface area contributed by atoms with E-state index in [1.165, 1.54) is 0 Å². The van der Waals surface area contributed by atoms with Crippen LogP contribution in [0.4, 0.5) is 0 Å². The summed E-state index contributed by atoms with van der Waals surface area (Å²) in [6, 6.07) is 14.1. The predicted molar refractivity (Wildman–Crippen MR) is 77.6 cm³/mol. The molecule has 2 aromatic rings. The summed E-state index contributed by atoms with van der Waals surface area (Å²) in [7, 11) is 0. The van der Waals surface area contributed by atoms with E-state index < -0.39 is 0 Å². The van der Waals surface area contributed by atoms with Gasteiger partial charge in [-0.1, -0.05) is 48.0 Å². The molecule has 0 aliphatic carbocycles. The lowest BCUT2D eigenvalue weighted by Gasteiger charge is -2.18. The fourth-order valence-corrected chi connectivity index (χ4v) is 2.07. The van der Waals surface area contributed by atoms with Crippen LogP contribution in [-0.2, 0) is 0 Å². The smallest absolute Gasteiger partial charge is 0.270 e. The van der Waals surface area contributed by atoms with E-state index in [0.717, 1.165) is 5.56 Å². The Morgan fingerprint density at radius 2 is 1.95 bits per heavy atom. The molecule has 1 aromatic heterocycles. The van der Waals surface area contributed by atoms with E-state index in [1.807, 2.05) is 30.3 Å². The monoisotopic (exact) mass is 290 g/mol. The molecule has 2 N–H and O–H groups in total. The average Bonchev–Trinajstić information content (AvgIpc) is 2.47. The molecule has 2 rings (SSSR count). The van der Waals surface area contributed by atoms with Gasteiger partial charge >= 0.3 is 0 Å². The minimum atomic E-state index is -0.310. The maximum Gasteiger partial charge on any atom is 0.270 e. The molecule has 1 atom stereocenters. The van der Waals surface area contributed by atoms with Crippen molar-refractivity contribution in [1.29, 1.82) is 0 Å². The zero-order chi connectivity index (χ0) is 14.4. The lowest BCUT2D eigenvalue weighted by atomic mass is 10.0. The molecule has 1 heterocycles.